The third-order valence-electron chi connectivity index (χ3n) is 5.37. The van der Waals surface area contributed by atoms with Crippen molar-refractivity contribution in [2.75, 3.05) is 16.8 Å². The summed E-state index contributed by atoms with van der Waals surface area (Å²) in [4.78, 5) is 68.3. The number of para-hydroxylation sites is 1. The number of pyridine rings is 1. The molecule has 11 nitrogen and oxygen atoms in total. The van der Waals surface area contributed by atoms with Crippen LogP contribution in [0, 0.1) is 0 Å². The molecule has 2 aromatic carbocycles. The van der Waals surface area contributed by atoms with Gasteiger partial charge in [0, 0.05) is 25.0 Å². The lowest BCUT2D eigenvalue weighted by Crippen LogP contribution is -2.55. The molecule has 1 aliphatic heterocycles. The minimum Gasteiger partial charge on any atom is -0.484 e. The Balaban J connectivity index is 1.55. The summed E-state index contributed by atoms with van der Waals surface area (Å²) in [6.45, 7) is 0.934. The van der Waals surface area contributed by atoms with Crippen molar-refractivity contribution in [1.29, 1.82) is 0 Å². The van der Waals surface area contributed by atoms with Crippen LogP contribution < -0.4 is 20.4 Å². The van der Waals surface area contributed by atoms with Crippen molar-refractivity contribution in [2.24, 2.45) is 0 Å². The molecule has 1 saturated heterocycles. The molecule has 2 heterocycles. The summed E-state index contributed by atoms with van der Waals surface area (Å²) in [6, 6.07) is 16.4. The van der Waals surface area contributed by atoms with Crippen LogP contribution in [0.1, 0.15) is 23.7 Å². The van der Waals surface area contributed by atoms with E-state index in [9.17, 15) is 24.0 Å². The minimum absolute atomic E-state index is 0.116. The Morgan fingerprint density at radius 3 is 2.41 bits per heavy atom. The van der Waals surface area contributed by atoms with Gasteiger partial charge in [-0.15, -0.1) is 0 Å². The molecule has 0 spiro atoms. The molecule has 3 aromatic rings. The van der Waals surface area contributed by atoms with Gasteiger partial charge in [-0.05, 0) is 48.5 Å². The Morgan fingerprint density at radius 2 is 1.76 bits per heavy atom. The smallest absolute Gasteiger partial charge is 0.276 e. The van der Waals surface area contributed by atoms with E-state index >= 15 is 0 Å². The van der Waals surface area contributed by atoms with Crippen LogP contribution in [0.15, 0.2) is 79.1 Å². The molecule has 1 atom stereocenters. The molecule has 1 unspecified atom stereocenters. The fraction of sp³-hybridized carbons (Fsp3) is 0.154. The Kier molecular flexibility index (Phi) is 7.53. The van der Waals surface area contributed by atoms with Crippen LogP contribution in [0.25, 0.3) is 0 Å². The van der Waals surface area contributed by atoms with E-state index in [1.54, 1.807) is 42.5 Å². The number of ether oxygens (including phenoxy) is 1. The number of carbonyl (C=O) groups excluding carboxylic acids is 5. The van der Waals surface area contributed by atoms with Gasteiger partial charge in [0.15, 0.2) is 6.61 Å². The first-order valence-corrected chi connectivity index (χ1v) is 11.3. The van der Waals surface area contributed by atoms with Crippen molar-refractivity contribution in [3.63, 3.8) is 0 Å². The maximum Gasteiger partial charge on any atom is 0.276 e. The number of amides is 5. The van der Waals surface area contributed by atoms with E-state index in [0.717, 1.165) is 9.91 Å². The van der Waals surface area contributed by atoms with Crippen LogP contribution in [-0.4, -0.2) is 52.2 Å². The average molecular weight is 501 g/mol. The highest BCUT2D eigenvalue weighted by atomic mass is 16.5. The van der Waals surface area contributed by atoms with Gasteiger partial charge in [-0.2, -0.15) is 0 Å². The van der Waals surface area contributed by atoms with Crippen molar-refractivity contribution in [3.05, 3.63) is 84.7 Å². The maximum atomic E-state index is 13.4. The average Bonchev–Trinajstić information content (AvgIpc) is 3.20. The van der Waals surface area contributed by atoms with E-state index in [1.807, 2.05) is 0 Å². The summed E-state index contributed by atoms with van der Waals surface area (Å²) in [6.07, 6.45) is 2.42. The van der Waals surface area contributed by atoms with Crippen LogP contribution in [0.4, 0.5) is 11.4 Å². The molecule has 1 fully saturated rings. The quantitative estimate of drug-likeness (QED) is 0.373. The van der Waals surface area contributed by atoms with E-state index in [1.165, 1.54) is 43.6 Å². The van der Waals surface area contributed by atoms with E-state index < -0.39 is 36.3 Å². The number of hydrazine groups is 1. The fourth-order valence-electron chi connectivity index (χ4n) is 3.72. The van der Waals surface area contributed by atoms with Gasteiger partial charge in [-0.3, -0.25) is 34.4 Å². The second-order valence-corrected chi connectivity index (χ2v) is 8.07. The highest BCUT2D eigenvalue weighted by Crippen LogP contribution is 2.27. The lowest BCUT2D eigenvalue weighted by Gasteiger charge is -2.27. The van der Waals surface area contributed by atoms with Gasteiger partial charge in [0.25, 0.3) is 17.7 Å². The highest BCUT2D eigenvalue weighted by Gasteiger charge is 2.45. The van der Waals surface area contributed by atoms with Gasteiger partial charge >= 0.3 is 0 Å². The summed E-state index contributed by atoms with van der Waals surface area (Å²) < 4.78 is 5.44. The van der Waals surface area contributed by atoms with E-state index in [4.69, 9.17) is 4.74 Å². The first-order valence-electron chi connectivity index (χ1n) is 11.3. The molecule has 11 heteroatoms. The van der Waals surface area contributed by atoms with Crippen molar-refractivity contribution >= 4 is 40.9 Å². The molecule has 5 amide bonds. The summed E-state index contributed by atoms with van der Waals surface area (Å²) in [5.74, 6) is -2.48. The zero-order chi connectivity index (χ0) is 26.4. The second kappa shape index (κ2) is 11.1. The molecule has 188 valence electrons. The number of rotatable bonds is 7. The molecule has 0 radical (unpaired) electrons. The summed E-state index contributed by atoms with van der Waals surface area (Å²) in [7, 11) is 0. The van der Waals surface area contributed by atoms with Gasteiger partial charge in [-0.25, -0.2) is 9.91 Å². The lowest BCUT2D eigenvalue weighted by molar-refractivity contribution is -0.130. The number of nitrogens with one attached hydrogen (secondary N) is 2. The number of hydrogen-bond acceptors (Lipinski definition) is 7. The number of aromatic nitrogens is 1. The third-order valence-corrected chi connectivity index (χ3v) is 5.37. The Labute approximate surface area is 212 Å². The largest absolute Gasteiger partial charge is 0.484 e. The molecule has 0 aliphatic carbocycles. The molecular weight excluding hydrogens is 478 g/mol. The number of nitrogens with zero attached hydrogens (tertiary/aromatic N) is 3. The molecule has 0 bridgehead atoms. The first kappa shape index (κ1) is 25.0. The Hall–Kier alpha value is -5.06. The zero-order valence-electron chi connectivity index (χ0n) is 19.8. The van der Waals surface area contributed by atoms with Gasteiger partial charge < -0.3 is 10.1 Å². The molecule has 2 N–H and O–H groups in total. The van der Waals surface area contributed by atoms with Crippen LogP contribution in [0.5, 0.6) is 5.75 Å². The predicted octanol–water partition coefficient (Wildman–Crippen LogP) is 1.92. The van der Waals surface area contributed by atoms with Gasteiger partial charge in [-0.1, -0.05) is 18.2 Å². The monoisotopic (exact) mass is 501 g/mol. The highest BCUT2D eigenvalue weighted by molar-refractivity contribution is 6.23. The molecule has 0 saturated carbocycles. The summed E-state index contributed by atoms with van der Waals surface area (Å²) >= 11 is 0. The summed E-state index contributed by atoms with van der Waals surface area (Å²) in [5.41, 5.74) is 3.30. The van der Waals surface area contributed by atoms with Crippen molar-refractivity contribution in [2.45, 2.75) is 19.4 Å². The van der Waals surface area contributed by atoms with Gasteiger partial charge in [0.05, 0.1) is 17.7 Å². The van der Waals surface area contributed by atoms with Crippen LogP contribution in [-0.2, 0) is 19.2 Å². The number of hydrogen-bond donors (Lipinski definition) is 2. The maximum absolute atomic E-state index is 13.4. The number of carbonyl (C=O) groups is 5. The van der Waals surface area contributed by atoms with Crippen molar-refractivity contribution in [3.8, 4) is 5.75 Å². The molecule has 1 aliphatic rings. The second-order valence-electron chi connectivity index (χ2n) is 8.07. The number of anilines is 2. The Morgan fingerprint density at radius 1 is 1.03 bits per heavy atom. The lowest BCUT2D eigenvalue weighted by atomic mass is 10.2. The van der Waals surface area contributed by atoms with E-state index in [-0.39, 0.29) is 23.6 Å². The molecule has 37 heavy (non-hydrogen) atoms. The van der Waals surface area contributed by atoms with E-state index in [0.29, 0.717) is 11.4 Å². The third kappa shape index (κ3) is 5.96. The molecule has 4 rings (SSSR count). The fourth-order valence-corrected chi connectivity index (χ4v) is 3.72. The number of benzene rings is 2. The SMILES string of the molecule is CC(=O)Nc1ccc(N2C(=O)CC(N(NC(=O)COc3ccccc3)C(=O)c3cccnc3)C2=O)cc1. The Bertz CT molecular complexity index is 1310. The van der Waals surface area contributed by atoms with Gasteiger partial charge in [0.2, 0.25) is 11.8 Å². The van der Waals surface area contributed by atoms with Crippen LogP contribution >= 0.6 is 0 Å². The normalized spacial score (nSPS) is 14.7. The standard InChI is InChI=1S/C26H23N5O6/c1-17(32)28-19-9-11-20(12-10-19)30-24(34)14-22(26(30)36)31(25(35)18-6-5-13-27-15-18)29-23(33)16-37-21-7-3-2-4-8-21/h2-13,15,22H,14,16H2,1H3,(H,28,32)(H,29,33). The zero-order valence-corrected chi connectivity index (χ0v) is 19.8. The minimum atomic E-state index is -1.30. The topological polar surface area (TPSA) is 138 Å². The molecular formula is C26H23N5O6. The molecule has 1 aromatic heterocycles. The summed E-state index contributed by atoms with van der Waals surface area (Å²) in [5, 5.41) is 3.45. The van der Waals surface area contributed by atoms with E-state index in [2.05, 4.69) is 15.7 Å². The van der Waals surface area contributed by atoms with Crippen LogP contribution in [0.3, 0.4) is 0 Å². The van der Waals surface area contributed by atoms with Gasteiger partial charge in [0.1, 0.15) is 11.8 Å². The van der Waals surface area contributed by atoms with Crippen molar-refractivity contribution < 1.29 is 28.7 Å². The predicted molar refractivity (Wildman–Crippen MR) is 132 cm³/mol. The van der Waals surface area contributed by atoms with Crippen molar-refractivity contribution in [1.82, 2.24) is 15.4 Å². The number of imide groups is 1. The first-order chi connectivity index (χ1) is 17.8. The van der Waals surface area contributed by atoms with Crippen LogP contribution in [0.2, 0.25) is 0 Å².